The summed E-state index contributed by atoms with van der Waals surface area (Å²) in [5.41, 5.74) is 2.06. The van der Waals surface area contributed by atoms with Crippen molar-refractivity contribution in [3.8, 4) is 11.8 Å². The molecule has 0 spiro atoms. The lowest BCUT2D eigenvalue weighted by atomic mass is 10.0. The van der Waals surface area contributed by atoms with Crippen LogP contribution in [0.1, 0.15) is 21.5 Å². The molecule has 0 saturated heterocycles. The summed E-state index contributed by atoms with van der Waals surface area (Å²) in [4.78, 5) is 12.5. The molecule has 0 aliphatic rings. The number of hydrogen-bond donors (Lipinski definition) is 0. The summed E-state index contributed by atoms with van der Waals surface area (Å²) < 4.78 is 19.4. The Morgan fingerprint density at radius 3 is 2.43 bits per heavy atom. The molecule has 0 aliphatic heterocycles. The van der Waals surface area contributed by atoms with Crippen LogP contribution in [0.25, 0.3) is 6.08 Å². The fourth-order valence-corrected chi connectivity index (χ4v) is 3.04. The van der Waals surface area contributed by atoms with Crippen molar-refractivity contribution < 1.29 is 13.9 Å². The van der Waals surface area contributed by atoms with Gasteiger partial charge < -0.3 is 4.74 Å². The summed E-state index contributed by atoms with van der Waals surface area (Å²) in [5, 5.41) is 9.37. The van der Waals surface area contributed by atoms with E-state index < -0.39 is 0 Å². The third-order valence-corrected chi connectivity index (χ3v) is 4.60. The number of rotatable bonds is 6. The van der Waals surface area contributed by atoms with Crippen LogP contribution in [0.15, 0.2) is 82.8 Å². The van der Waals surface area contributed by atoms with Crippen LogP contribution in [0.2, 0.25) is 0 Å². The lowest BCUT2D eigenvalue weighted by Gasteiger charge is -2.09. The number of nitriles is 1. The van der Waals surface area contributed by atoms with Gasteiger partial charge in [0.05, 0.1) is 4.47 Å². The highest BCUT2D eigenvalue weighted by atomic mass is 79.9. The zero-order valence-corrected chi connectivity index (χ0v) is 16.3. The zero-order valence-electron chi connectivity index (χ0n) is 14.7. The molecule has 0 saturated carbocycles. The Kier molecular flexibility index (Phi) is 6.36. The van der Waals surface area contributed by atoms with Gasteiger partial charge in [-0.3, -0.25) is 4.79 Å². The summed E-state index contributed by atoms with van der Waals surface area (Å²) in [7, 11) is 0. The Hall–Kier alpha value is -3.23. The first-order valence-electron chi connectivity index (χ1n) is 8.45. The minimum absolute atomic E-state index is 0.0538. The van der Waals surface area contributed by atoms with E-state index in [1.165, 1.54) is 12.1 Å². The second-order valence-corrected chi connectivity index (χ2v) is 6.82. The lowest BCUT2D eigenvalue weighted by molar-refractivity contribution is 0.104. The van der Waals surface area contributed by atoms with Crippen molar-refractivity contribution in [3.05, 3.63) is 105 Å². The molecule has 0 aliphatic carbocycles. The Morgan fingerprint density at radius 2 is 1.79 bits per heavy atom. The van der Waals surface area contributed by atoms with Crippen molar-refractivity contribution in [1.82, 2.24) is 0 Å². The molecule has 0 N–H and O–H groups in total. The molecule has 0 fully saturated rings. The highest BCUT2D eigenvalue weighted by Crippen LogP contribution is 2.28. The second-order valence-electron chi connectivity index (χ2n) is 5.97. The molecule has 0 atom stereocenters. The number of allylic oxidation sites excluding steroid dienone is 1. The largest absolute Gasteiger partial charge is 0.488 e. The molecule has 3 aromatic rings. The maximum atomic E-state index is 13.0. The first-order chi connectivity index (χ1) is 13.6. The lowest BCUT2D eigenvalue weighted by Crippen LogP contribution is -2.01. The average molecular weight is 436 g/mol. The molecule has 0 amide bonds. The maximum absolute atomic E-state index is 13.0. The molecule has 3 nitrogen and oxygen atoms in total. The standard InChI is InChI=1S/C23H15BrFNO2/c24-21-13-17(12-19(14-26)23(27)18-4-2-1-3-5-18)8-11-22(21)28-15-16-6-9-20(25)10-7-16/h1-13H,15H2. The SMILES string of the molecule is N#CC(=Cc1ccc(OCc2ccc(F)cc2)c(Br)c1)C(=O)c1ccccc1. The topological polar surface area (TPSA) is 50.1 Å². The van der Waals surface area contributed by atoms with Gasteiger partial charge in [-0.15, -0.1) is 0 Å². The Labute approximate surface area is 170 Å². The summed E-state index contributed by atoms with van der Waals surface area (Å²) in [6.45, 7) is 0.296. The minimum atomic E-state index is -0.323. The number of halogens is 2. The molecule has 28 heavy (non-hydrogen) atoms. The Balaban J connectivity index is 1.75. The normalized spacial score (nSPS) is 11.0. The molecule has 0 heterocycles. The van der Waals surface area contributed by atoms with Gasteiger partial charge in [-0.25, -0.2) is 4.39 Å². The summed E-state index contributed by atoms with van der Waals surface area (Å²) >= 11 is 3.44. The van der Waals surface area contributed by atoms with Crippen LogP contribution in [0.5, 0.6) is 5.75 Å². The van der Waals surface area contributed by atoms with Crippen molar-refractivity contribution in [2.24, 2.45) is 0 Å². The van der Waals surface area contributed by atoms with Crippen molar-refractivity contribution in [2.75, 3.05) is 0 Å². The van der Waals surface area contributed by atoms with Crippen LogP contribution >= 0.6 is 15.9 Å². The monoisotopic (exact) mass is 435 g/mol. The predicted molar refractivity (Wildman–Crippen MR) is 109 cm³/mol. The van der Waals surface area contributed by atoms with Crippen LogP contribution in [-0.4, -0.2) is 5.78 Å². The Morgan fingerprint density at radius 1 is 1.07 bits per heavy atom. The first-order valence-corrected chi connectivity index (χ1v) is 9.24. The summed E-state index contributed by atoms with van der Waals surface area (Å²) in [6.07, 6.45) is 1.55. The van der Waals surface area contributed by atoms with E-state index in [9.17, 15) is 14.4 Å². The summed E-state index contributed by atoms with van der Waals surface area (Å²) in [5.74, 6) is -0.00959. The second kappa shape index (κ2) is 9.12. The van der Waals surface area contributed by atoms with Gasteiger partial charge in [0.1, 0.15) is 29.8 Å². The van der Waals surface area contributed by atoms with Crippen molar-refractivity contribution >= 4 is 27.8 Å². The number of benzene rings is 3. The molecular formula is C23H15BrFNO2. The van der Waals surface area contributed by atoms with Crippen LogP contribution in [0.4, 0.5) is 4.39 Å². The number of carbonyl (C=O) groups is 1. The van der Waals surface area contributed by atoms with Gasteiger partial charge in [0.25, 0.3) is 0 Å². The molecule has 0 bridgehead atoms. The van der Waals surface area contributed by atoms with E-state index in [2.05, 4.69) is 15.9 Å². The van der Waals surface area contributed by atoms with Gasteiger partial charge in [-0.05, 0) is 57.4 Å². The van der Waals surface area contributed by atoms with E-state index in [1.54, 1.807) is 60.7 Å². The van der Waals surface area contributed by atoms with E-state index >= 15 is 0 Å². The number of hydrogen-bond acceptors (Lipinski definition) is 3. The van der Waals surface area contributed by atoms with Crippen molar-refractivity contribution in [2.45, 2.75) is 6.61 Å². The molecule has 3 aromatic carbocycles. The molecule has 0 unspecified atom stereocenters. The number of ether oxygens (including phenoxy) is 1. The predicted octanol–water partition coefficient (Wildman–Crippen LogP) is 5.96. The molecular weight excluding hydrogens is 421 g/mol. The van der Waals surface area contributed by atoms with Gasteiger partial charge in [0, 0.05) is 5.56 Å². The van der Waals surface area contributed by atoms with Crippen LogP contribution < -0.4 is 4.74 Å². The smallest absolute Gasteiger partial charge is 0.203 e. The zero-order chi connectivity index (χ0) is 19.9. The van der Waals surface area contributed by atoms with E-state index in [0.29, 0.717) is 28.0 Å². The van der Waals surface area contributed by atoms with E-state index in [-0.39, 0.29) is 17.2 Å². The van der Waals surface area contributed by atoms with E-state index in [4.69, 9.17) is 4.74 Å². The maximum Gasteiger partial charge on any atom is 0.203 e. The third-order valence-electron chi connectivity index (χ3n) is 3.98. The highest BCUT2D eigenvalue weighted by molar-refractivity contribution is 9.10. The molecule has 0 aromatic heterocycles. The van der Waals surface area contributed by atoms with Gasteiger partial charge in [0.15, 0.2) is 0 Å². The number of ketones is 1. The molecule has 3 rings (SSSR count). The molecule has 138 valence electrons. The number of nitrogens with zero attached hydrogens (tertiary/aromatic N) is 1. The summed E-state index contributed by atoms with van der Waals surface area (Å²) in [6, 6.07) is 22.0. The average Bonchev–Trinajstić information content (AvgIpc) is 2.72. The fourth-order valence-electron chi connectivity index (χ4n) is 2.53. The molecule has 5 heteroatoms. The van der Waals surface area contributed by atoms with E-state index in [1.807, 2.05) is 12.1 Å². The fraction of sp³-hybridized carbons (Fsp3) is 0.0435. The van der Waals surface area contributed by atoms with Crippen LogP contribution in [0, 0.1) is 17.1 Å². The Bertz CT molecular complexity index is 1050. The van der Waals surface area contributed by atoms with Crippen molar-refractivity contribution in [3.63, 3.8) is 0 Å². The van der Waals surface area contributed by atoms with Gasteiger partial charge >= 0.3 is 0 Å². The van der Waals surface area contributed by atoms with Crippen LogP contribution in [0.3, 0.4) is 0 Å². The quantitative estimate of drug-likeness (QED) is 0.272. The number of Topliss-reactive ketones (excluding diaryl/α,β-unsaturated/α-hetero) is 1. The first kappa shape index (κ1) is 19.5. The van der Waals surface area contributed by atoms with E-state index in [0.717, 1.165) is 5.56 Å². The van der Waals surface area contributed by atoms with Crippen LogP contribution in [-0.2, 0) is 6.61 Å². The van der Waals surface area contributed by atoms with Crippen molar-refractivity contribution in [1.29, 1.82) is 5.26 Å². The molecule has 0 radical (unpaired) electrons. The minimum Gasteiger partial charge on any atom is -0.488 e. The van der Waals surface area contributed by atoms with Gasteiger partial charge in [-0.2, -0.15) is 5.26 Å². The highest BCUT2D eigenvalue weighted by Gasteiger charge is 2.12. The van der Waals surface area contributed by atoms with Gasteiger partial charge in [0.2, 0.25) is 5.78 Å². The van der Waals surface area contributed by atoms with Gasteiger partial charge in [-0.1, -0.05) is 48.5 Å². The third kappa shape index (κ3) is 4.93. The number of carbonyl (C=O) groups excluding carboxylic acids is 1.